The standard InChI is InChI=1S/C16H20N2O5/c1-10(2)14(15(20)18-16(17)21)23-13(19)9-8-11-6-4-5-7-12(11)22-3/h4-10,14H,1-3H3,(H3,17,18,20,21)/b9-8+/t14-/m1/s1. The quantitative estimate of drug-likeness (QED) is 0.609. The maximum Gasteiger partial charge on any atom is 0.331 e. The minimum absolute atomic E-state index is 0.321. The number of methoxy groups -OCH3 is 1. The summed E-state index contributed by atoms with van der Waals surface area (Å²) in [7, 11) is 1.52. The second-order valence-corrected chi connectivity index (χ2v) is 5.03. The highest BCUT2D eigenvalue weighted by Crippen LogP contribution is 2.18. The highest BCUT2D eigenvalue weighted by Gasteiger charge is 2.26. The summed E-state index contributed by atoms with van der Waals surface area (Å²) >= 11 is 0. The number of amides is 3. The maximum absolute atomic E-state index is 11.9. The minimum Gasteiger partial charge on any atom is -0.496 e. The van der Waals surface area contributed by atoms with Gasteiger partial charge in [0.15, 0.2) is 6.10 Å². The van der Waals surface area contributed by atoms with E-state index in [1.807, 2.05) is 5.32 Å². The number of benzene rings is 1. The average molecular weight is 320 g/mol. The van der Waals surface area contributed by atoms with E-state index in [-0.39, 0.29) is 5.92 Å². The molecule has 0 aliphatic heterocycles. The summed E-state index contributed by atoms with van der Waals surface area (Å²) in [6.45, 7) is 3.37. The van der Waals surface area contributed by atoms with Gasteiger partial charge in [-0.3, -0.25) is 10.1 Å². The Bertz CT molecular complexity index is 610. The number of imide groups is 1. The predicted molar refractivity (Wildman–Crippen MR) is 84.5 cm³/mol. The SMILES string of the molecule is COc1ccccc1/C=C/C(=O)O[C@@H](C(=O)NC(N)=O)C(C)C. The third-order valence-corrected chi connectivity index (χ3v) is 2.89. The highest BCUT2D eigenvalue weighted by molar-refractivity contribution is 5.97. The van der Waals surface area contributed by atoms with Crippen molar-refractivity contribution < 1.29 is 23.9 Å². The van der Waals surface area contributed by atoms with E-state index in [0.29, 0.717) is 11.3 Å². The van der Waals surface area contributed by atoms with Crippen LogP contribution in [0.5, 0.6) is 5.75 Å². The molecule has 1 aromatic rings. The molecular formula is C16H20N2O5. The molecule has 7 heteroatoms. The number of nitrogens with two attached hydrogens (primary N) is 1. The van der Waals surface area contributed by atoms with Gasteiger partial charge in [0.2, 0.25) is 0 Å². The van der Waals surface area contributed by atoms with Gasteiger partial charge in [0.25, 0.3) is 5.91 Å². The molecule has 0 radical (unpaired) electrons. The van der Waals surface area contributed by atoms with E-state index >= 15 is 0 Å². The van der Waals surface area contributed by atoms with Crippen LogP contribution in [0.4, 0.5) is 4.79 Å². The zero-order valence-electron chi connectivity index (χ0n) is 13.2. The first-order valence-electron chi connectivity index (χ1n) is 6.97. The number of ether oxygens (including phenoxy) is 2. The minimum atomic E-state index is -1.11. The van der Waals surface area contributed by atoms with E-state index in [2.05, 4.69) is 0 Å². The second kappa shape index (κ2) is 8.57. The van der Waals surface area contributed by atoms with Crippen molar-refractivity contribution in [3.63, 3.8) is 0 Å². The topological polar surface area (TPSA) is 108 Å². The molecule has 0 heterocycles. The Balaban J connectivity index is 2.78. The number of urea groups is 1. The smallest absolute Gasteiger partial charge is 0.331 e. The van der Waals surface area contributed by atoms with Gasteiger partial charge in [-0.05, 0) is 18.1 Å². The average Bonchev–Trinajstić information content (AvgIpc) is 2.49. The Kier molecular flexibility index (Phi) is 6.79. The molecule has 23 heavy (non-hydrogen) atoms. The van der Waals surface area contributed by atoms with E-state index in [1.165, 1.54) is 19.3 Å². The molecule has 0 unspecified atom stereocenters. The van der Waals surface area contributed by atoms with Crippen molar-refractivity contribution in [2.75, 3.05) is 7.11 Å². The van der Waals surface area contributed by atoms with Crippen LogP contribution in [0.15, 0.2) is 30.3 Å². The van der Waals surface area contributed by atoms with Crippen LogP contribution in [0.2, 0.25) is 0 Å². The molecule has 7 nitrogen and oxygen atoms in total. The highest BCUT2D eigenvalue weighted by atomic mass is 16.5. The largest absolute Gasteiger partial charge is 0.496 e. The van der Waals surface area contributed by atoms with Crippen LogP contribution in [0, 0.1) is 5.92 Å². The number of nitrogens with one attached hydrogen (secondary N) is 1. The number of hydrogen-bond donors (Lipinski definition) is 2. The number of carbonyl (C=O) groups is 3. The first-order chi connectivity index (χ1) is 10.8. The lowest BCUT2D eigenvalue weighted by molar-refractivity contribution is -0.153. The van der Waals surface area contributed by atoms with Crippen LogP contribution in [0.1, 0.15) is 19.4 Å². The zero-order valence-corrected chi connectivity index (χ0v) is 13.2. The summed E-state index contributed by atoms with van der Waals surface area (Å²) in [4.78, 5) is 34.4. The Morgan fingerprint density at radius 2 is 1.87 bits per heavy atom. The molecule has 3 amide bonds. The number of primary amides is 1. The van der Waals surface area contributed by atoms with E-state index in [4.69, 9.17) is 15.2 Å². The number of esters is 1. The summed E-state index contributed by atoms with van der Waals surface area (Å²) in [6, 6.07) is 6.12. The van der Waals surface area contributed by atoms with Gasteiger partial charge in [-0.15, -0.1) is 0 Å². The van der Waals surface area contributed by atoms with Crippen LogP contribution >= 0.6 is 0 Å². The van der Waals surface area contributed by atoms with Crippen molar-refractivity contribution in [3.05, 3.63) is 35.9 Å². The molecule has 0 saturated heterocycles. The van der Waals surface area contributed by atoms with Crippen LogP contribution in [-0.4, -0.2) is 31.1 Å². The second-order valence-electron chi connectivity index (χ2n) is 5.03. The predicted octanol–water partition coefficient (Wildman–Crippen LogP) is 1.47. The van der Waals surface area contributed by atoms with Gasteiger partial charge in [0, 0.05) is 11.6 Å². The van der Waals surface area contributed by atoms with Crippen molar-refractivity contribution >= 4 is 24.0 Å². The Morgan fingerprint density at radius 1 is 1.22 bits per heavy atom. The van der Waals surface area contributed by atoms with Crippen LogP contribution in [0.3, 0.4) is 0 Å². The Morgan fingerprint density at radius 3 is 2.43 bits per heavy atom. The lowest BCUT2D eigenvalue weighted by Crippen LogP contribution is -2.45. The molecule has 1 rings (SSSR count). The molecule has 0 saturated carbocycles. The van der Waals surface area contributed by atoms with E-state index in [1.54, 1.807) is 38.1 Å². The van der Waals surface area contributed by atoms with E-state index in [9.17, 15) is 14.4 Å². The van der Waals surface area contributed by atoms with Gasteiger partial charge in [-0.2, -0.15) is 0 Å². The Labute approximate surface area is 134 Å². The van der Waals surface area contributed by atoms with Crippen LogP contribution in [0.25, 0.3) is 6.08 Å². The van der Waals surface area contributed by atoms with Gasteiger partial charge < -0.3 is 15.2 Å². The van der Waals surface area contributed by atoms with Crippen molar-refractivity contribution in [2.45, 2.75) is 20.0 Å². The zero-order chi connectivity index (χ0) is 17.4. The third-order valence-electron chi connectivity index (χ3n) is 2.89. The molecular weight excluding hydrogens is 300 g/mol. The van der Waals surface area contributed by atoms with Gasteiger partial charge >= 0.3 is 12.0 Å². The summed E-state index contributed by atoms with van der Waals surface area (Å²) in [6.07, 6.45) is 1.59. The molecule has 124 valence electrons. The number of hydrogen-bond acceptors (Lipinski definition) is 5. The van der Waals surface area contributed by atoms with Gasteiger partial charge in [0.1, 0.15) is 5.75 Å². The molecule has 1 atom stereocenters. The first kappa shape index (κ1) is 18.2. The van der Waals surface area contributed by atoms with Crippen molar-refractivity contribution in [1.29, 1.82) is 0 Å². The van der Waals surface area contributed by atoms with E-state index in [0.717, 1.165) is 0 Å². The lowest BCUT2D eigenvalue weighted by atomic mass is 10.1. The van der Waals surface area contributed by atoms with Crippen molar-refractivity contribution in [2.24, 2.45) is 11.7 Å². The lowest BCUT2D eigenvalue weighted by Gasteiger charge is -2.18. The fourth-order valence-electron chi connectivity index (χ4n) is 1.81. The van der Waals surface area contributed by atoms with Gasteiger partial charge in [-0.1, -0.05) is 32.0 Å². The molecule has 0 aliphatic carbocycles. The van der Waals surface area contributed by atoms with Gasteiger partial charge in [0.05, 0.1) is 7.11 Å². The number of rotatable bonds is 6. The molecule has 0 aromatic heterocycles. The first-order valence-corrected chi connectivity index (χ1v) is 6.97. The fourth-order valence-corrected chi connectivity index (χ4v) is 1.81. The summed E-state index contributed by atoms with van der Waals surface area (Å²) in [5, 5.41) is 1.90. The summed E-state index contributed by atoms with van der Waals surface area (Å²) < 4.78 is 10.2. The normalized spacial score (nSPS) is 12.0. The molecule has 0 fully saturated rings. The molecule has 0 aliphatic rings. The number of carbonyl (C=O) groups excluding carboxylic acids is 3. The van der Waals surface area contributed by atoms with Crippen molar-refractivity contribution in [1.82, 2.24) is 5.32 Å². The maximum atomic E-state index is 11.9. The molecule has 0 bridgehead atoms. The molecule has 1 aromatic carbocycles. The fraction of sp³-hybridized carbons (Fsp3) is 0.312. The van der Waals surface area contributed by atoms with Crippen molar-refractivity contribution in [3.8, 4) is 5.75 Å². The summed E-state index contributed by atoms with van der Waals surface area (Å²) in [5.74, 6) is -1.19. The van der Waals surface area contributed by atoms with Crippen LogP contribution < -0.4 is 15.8 Å². The number of para-hydroxylation sites is 1. The van der Waals surface area contributed by atoms with E-state index < -0.39 is 24.0 Å². The third kappa shape index (κ3) is 5.82. The Hall–Kier alpha value is -2.83. The monoisotopic (exact) mass is 320 g/mol. The molecule has 3 N–H and O–H groups in total. The van der Waals surface area contributed by atoms with Crippen LogP contribution in [-0.2, 0) is 14.3 Å². The molecule has 0 spiro atoms. The van der Waals surface area contributed by atoms with Gasteiger partial charge in [-0.25, -0.2) is 9.59 Å². The summed E-state index contributed by atoms with van der Waals surface area (Å²) in [5.41, 5.74) is 5.58.